The summed E-state index contributed by atoms with van der Waals surface area (Å²) in [5.74, 6) is 0.395. The fourth-order valence-electron chi connectivity index (χ4n) is 2.41. The zero-order chi connectivity index (χ0) is 15.6. The van der Waals surface area contributed by atoms with Crippen LogP contribution in [-0.4, -0.2) is 46.4 Å². The highest BCUT2D eigenvalue weighted by Gasteiger charge is 2.24. The summed E-state index contributed by atoms with van der Waals surface area (Å²) in [4.78, 5) is 11.9. The Hall–Kier alpha value is -1.67. The van der Waals surface area contributed by atoms with Gasteiger partial charge in [0.2, 0.25) is 0 Å². The predicted molar refractivity (Wildman–Crippen MR) is 78.4 cm³/mol. The van der Waals surface area contributed by atoms with Crippen molar-refractivity contribution < 1.29 is 18.1 Å². The molecule has 0 aliphatic carbocycles. The highest BCUT2D eigenvalue weighted by molar-refractivity contribution is 7.90. The van der Waals surface area contributed by atoms with Gasteiger partial charge in [-0.2, -0.15) is 0 Å². The Morgan fingerprint density at radius 1 is 1.48 bits per heavy atom. The van der Waals surface area contributed by atoms with Crippen LogP contribution < -0.4 is 4.90 Å². The first-order valence-electron chi connectivity index (χ1n) is 6.56. The summed E-state index contributed by atoms with van der Waals surface area (Å²) >= 11 is 0. The summed E-state index contributed by atoms with van der Waals surface area (Å²) in [5, 5.41) is 10.9. The van der Waals surface area contributed by atoms with Crippen molar-refractivity contribution in [1.29, 1.82) is 0 Å². The first-order valence-corrected chi connectivity index (χ1v) is 8.45. The van der Waals surface area contributed by atoms with Crippen LogP contribution in [0.1, 0.15) is 6.42 Å². The average Bonchev–Trinajstić information content (AvgIpc) is 2.89. The van der Waals surface area contributed by atoms with Gasteiger partial charge in [-0.1, -0.05) is 0 Å². The monoisotopic (exact) mass is 314 g/mol. The van der Waals surface area contributed by atoms with Crippen molar-refractivity contribution in [3.63, 3.8) is 0 Å². The van der Waals surface area contributed by atoms with Gasteiger partial charge in [-0.3, -0.25) is 10.1 Å². The number of benzene rings is 1. The summed E-state index contributed by atoms with van der Waals surface area (Å²) in [6, 6.07) is 4.18. The van der Waals surface area contributed by atoms with Crippen molar-refractivity contribution in [3.8, 4) is 0 Å². The molecular weight excluding hydrogens is 296 g/mol. The van der Waals surface area contributed by atoms with Gasteiger partial charge >= 0.3 is 0 Å². The lowest BCUT2D eigenvalue weighted by Gasteiger charge is -2.22. The van der Waals surface area contributed by atoms with Crippen molar-refractivity contribution in [3.05, 3.63) is 28.3 Å². The first kappa shape index (κ1) is 15.7. The van der Waals surface area contributed by atoms with Gasteiger partial charge < -0.3 is 9.64 Å². The Kier molecular flexibility index (Phi) is 4.48. The van der Waals surface area contributed by atoms with Gasteiger partial charge in [-0.25, -0.2) is 8.42 Å². The van der Waals surface area contributed by atoms with Gasteiger partial charge in [0.25, 0.3) is 5.69 Å². The Labute approximate surface area is 123 Å². The molecule has 0 saturated carbocycles. The Morgan fingerprint density at radius 3 is 2.71 bits per heavy atom. The van der Waals surface area contributed by atoms with Crippen LogP contribution in [0.5, 0.6) is 0 Å². The van der Waals surface area contributed by atoms with Gasteiger partial charge in [-0.05, 0) is 18.6 Å². The van der Waals surface area contributed by atoms with E-state index in [1.807, 2.05) is 11.9 Å². The van der Waals surface area contributed by atoms with E-state index in [0.717, 1.165) is 25.8 Å². The maximum Gasteiger partial charge on any atom is 0.288 e. The zero-order valence-corrected chi connectivity index (χ0v) is 12.8. The fourth-order valence-corrected chi connectivity index (χ4v) is 3.27. The van der Waals surface area contributed by atoms with E-state index < -0.39 is 14.8 Å². The highest BCUT2D eigenvalue weighted by Crippen LogP contribution is 2.29. The molecule has 0 aromatic heterocycles. The molecule has 1 atom stereocenters. The van der Waals surface area contributed by atoms with Gasteiger partial charge in [-0.15, -0.1) is 0 Å². The SMILES string of the molecule is CN(CC1CCOC1)c1ccc([N+](=O)[O-])c(S(C)(=O)=O)c1. The largest absolute Gasteiger partial charge is 0.381 e. The molecule has 1 aliphatic heterocycles. The molecule has 0 bridgehead atoms. The molecule has 1 aromatic rings. The molecule has 0 N–H and O–H groups in total. The lowest BCUT2D eigenvalue weighted by atomic mass is 10.1. The van der Waals surface area contributed by atoms with Crippen LogP contribution in [0.2, 0.25) is 0 Å². The quantitative estimate of drug-likeness (QED) is 0.604. The third-order valence-electron chi connectivity index (χ3n) is 3.54. The molecule has 1 aliphatic rings. The molecule has 116 valence electrons. The van der Waals surface area contributed by atoms with Crippen LogP contribution in [-0.2, 0) is 14.6 Å². The van der Waals surface area contributed by atoms with Crippen LogP contribution in [0.4, 0.5) is 11.4 Å². The van der Waals surface area contributed by atoms with Crippen molar-refractivity contribution >= 4 is 21.2 Å². The Bertz CT molecular complexity index is 638. The van der Waals surface area contributed by atoms with E-state index in [1.54, 1.807) is 6.07 Å². The van der Waals surface area contributed by atoms with Crippen LogP contribution >= 0.6 is 0 Å². The standard InChI is InChI=1S/C13H18N2O5S/c1-14(8-10-5-6-20-9-10)11-3-4-12(15(16)17)13(7-11)21(2,18)19/h3-4,7,10H,5-6,8-9H2,1-2H3. The van der Waals surface area contributed by atoms with Crippen LogP contribution in [0.15, 0.2) is 23.1 Å². The third-order valence-corrected chi connectivity index (χ3v) is 4.66. The second-order valence-electron chi connectivity index (χ2n) is 5.29. The number of nitro benzene ring substituents is 1. The van der Waals surface area contributed by atoms with E-state index in [2.05, 4.69) is 0 Å². The van der Waals surface area contributed by atoms with E-state index in [4.69, 9.17) is 4.74 Å². The summed E-state index contributed by atoms with van der Waals surface area (Å²) in [7, 11) is -1.82. The number of hydrogen-bond donors (Lipinski definition) is 0. The summed E-state index contributed by atoms with van der Waals surface area (Å²) in [6.07, 6.45) is 1.94. The van der Waals surface area contributed by atoms with Crippen LogP contribution in [0.25, 0.3) is 0 Å². The topological polar surface area (TPSA) is 89.8 Å². The van der Waals surface area contributed by atoms with Gasteiger partial charge in [0, 0.05) is 44.1 Å². The van der Waals surface area contributed by atoms with E-state index in [0.29, 0.717) is 18.2 Å². The molecule has 8 heteroatoms. The summed E-state index contributed by atoms with van der Waals surface area (Å²) in [5.41, 5.74) is 0.256. The number of sulfone groups is 1. The molecule has 0 spiro atoms. The summed E-state index contributed by atoms with van der Waals surface area (Å²) in [6.45, 7) is 2.16. The van der Waals surface area contributed by atoms with Gasteiger partial charge in [0.15, 0.2) is 9.84 Å². The maximum absolute atomic E-state index is 11.7. The van der Waals surface area contributed by atoms with E-state index in [1.165, 1.54) is 12.1 Å². The van der Waals surface area contributed by atoms with Crippen LogP contribution in [0, 0.1) is 16.0 Å². The molecular formula is C13H18N2O5S. The molecule has 21 heavy (non-hydrogen) atoms. The number of nitro groups is 1. The van der Waals surface area contributed by atoms with Crippen molar-refractivity contribution in [2.24, 2.45) is 5.92 Å². The molecule has 1 fully saturated rings. The van der Waals surface area contributed by atoms with E-state index in [-0.39, 0.29) is 10.6 Å². The van der Waals surface area contributed by atoms with Crippen molar-refractivity contribution in [2.45, 2.75) is 11.3 Å². The van der Waals surface area contributed by atoms with Crippen molar-refractivity contribution in [2.75, 3.05) is 38.0 Å². The zero-order valence-electron chi connectivity index (χ0n) is 12.0. The van der Waals surface area contributed by atoms with Gasteiger partial charge in [0.1, 0.15) is 4.90 Å². The number of nitrogens with zero attached hydrogens (tertiary/aromatic N) is 2. The van der Waals surface area contributed by atoms with Crippen LogP contribution in [0.3, 0.4) is 0 Å². The molecule has 1 saturated heterocycles. The lowest BCUT2D eigenvalue weighted by Crippen LogP contribution is -2.25. The minimum absolute atomic E-state index is 0.250. The molecule has 1 aromatic carbocycles. The number of hydrogen-bond acceptors (Lipinski definition) is 6. The lowest BCUT2D eigenvalue weighted by molar-refractivity contribution is -0.387. The molecule has 1 unspecified atom stereocenters. The maximum atomic E-state index is 11.7. The molecule has 0 amide bonds. The molecule has 0 radical (unpaired) electrons. The fraction of sp³-hybridized carbons (Fsp3) is 0.538. The smallest absolute Gasteiger partial charge is 0.288 e. The normalized spacial score (nSPS) is 18.7. The third kappa shape index (κ3) is 3.70. The Morgan fingerprint density at radius 2 is 2.19 bits per heavy atom. The minimum Gasteiger partial charge on any atom is -0.381 e. The second kappa shape index (κ2) is 5.98. The molecule has 1 heterocycles. The Balaban J connectivity index is 2.30. The van der Waals surface area contributed by atoms with E-state index in [9.17, 15) is 18.5 Å². The highest BCUT2D eigenvalue weighted by atomic mass is 32.2. The first-order chi connectivity index (χ1) is 9.79. The molecule has 7 nitrogen and oxygen atoms in total. The second-order valence-corrected chi connectivity index (χ2v) is 7.28. The van der Waals surface area contributed by atoms with Gasteiger partial charge in [0.05, 0.1) is 11.5 Å². The number of anilines is 1. The van der Waals surface area contributed by atoms with Crippen molar-refractivity contribution in [1.82, 2.24) is 0 Å². The minimum atomic E-state index is -3.65. The average molecular weight is 314 g/mol. The summed E-state index contributed by atoms with van der Waals surface area (Å²) < 4.78 is 28.8. The number of ether oxygens (including phenoxy) is 1. The molecule has 2 rings (SSSR count). The van der Waals surface area contributed by atoms with E-state index >= 15 is 0 Å². The number of rotatable bonds is 5. The predicted octanol–water partition coefficient (Wildman–Crippen LogP) is 1.47.